The van der Waals surface area contributed by atoms with Gasteiger partial charge in [-0.3, -0.25) is 4.79 Å². The van der Waals surface area contributed by atoms with Gasteiger partial charge in [0.15, 0.2) is 6.10 Å². The van der Waals surface area contributed by atoms with Crippen LogP contribution in [-0.2, 0) is 17.5 Å². The molecule has 1 aliphatic rings. The summed E-state index contributed by atoms with van der Waals surface area (Å²) < 4.78 is 44.1. The van der Waals surface area contributed by atoms with Crippen LogP contribution in [0.2, 0.25) is 0 Å². The Labute approximate surface area is 136 Å². The minimum absolute atomic E-state index is 0.0212. The molecule has 3 rings (SSSR count). The summed E-state index contributed by atoms with van der Waals surface area (Å²) in [7, 11) is 0. The molecule has 0 aliphatic carbocycles. The Morgan fingerprint density at radius 1 is 1.21 bits per heavy atom. The molecule has 0 fully saturated rings. The van der Waals surface area contributed by atoms with Gasteiger partial charge >= 0.3 is 6.18 Å². The molecule has 1 amide bonds. The van der Waals surface area contributed by atoms with E-state index in [2.05, 4.69) is 0 Å². The van der Waals surface area contributed by atoms with Gasteiger partial charge in [-0.15, -0.1) is 0 Å². The van der Waals surface area contributed by atoms with E-state index in [9.17, 15) is 18.0 Å². The average Bonchev–Trinajstić information content (AvgIpc) is 2.51. The maximum absolute atomic E-state index is 12.9. The Hall–Kier alpha value is -2.70. The summed E-state index contributed by atoms with van der Waals surface area (Å²) in [5, 5.41) is 0. The zero-order chi connectivity index (χ0) is 17.5. The standard InChI is InChI=1S/C17H15F3N2O2/c1-10-16(23)22(14-6-5-13(21)8-15(14)24-10)9-11-3-2-4-12(7-11)17(18,19)20/h2-8,10H,9,21H2,1H3. The van der Waals surface area contributed by atoms with Crippen molar-refractivity contribution in [3.05, 3.63) is 53.6 Å². The molecule has 1 unspecified atom stereocenters. The third-order valence-electron chi connectivity index (χ3n) is 3.79. The summed E-state index contributed by atoms with van der Waals surface area (Å²) in [6, 6.07) is 9.77. The summed E-state index contributed by atoms with van der Waals surface area (Å²) in [4.78, 5) is 13.8. The zero-order valence-corrected chi connectivity index (χ0v) is 12.8. The van der Waals surface area contributed by atoms with E-state index >= 15 is 0 Å². The monoisotopic (exact) mass is 336 g/mol. The van der Waals surface area contributed by atoms with Crippen molar-refractivity contribution in [2.75, 3.05) is 10.6 Å². The number of halogens is 3. The molecule has 0 aromatic heterocycles. The largest absolute Gasteiger partial charge is 0.479 e. The van der Waals surface area contributed by atoms with E-state index in [1.807, 2.05) is 0 Å². The lowest BCUT2D eigenvalue weighted by Crippen LogP contribution is -2.44. The molecule has 1 aliphatic heterocycles. The lowest BCUT2D eigenvalue weighted by Gasteiger charge is -2.33. The molecule has 4 nitrogen and oxygen atoms in total. The van der Waals surface area contributed by atoms with E-state index in [0.717, 1.165) is 12.1 Å². The number of alkyl halides is 3. The Morgan fingerprint density at radius 2 is 1.96 bits per heavy atom. The molecule has 0 spiro atoms. The number of nitrogen functional groups attached to an aromatic ring is 1. The first-order valence-corrected chi connectivity index (χ1v) is 7.29. The summed E-state index contributed by atoms with van der Waals surface area (Å²) in [5.41, 5.74) is 6.33. The molecule has 0 saturated carbocycles. The van der Waals surface area contributed by atoms with E-state index in [4.69, 9.17) is 10.5 Å². The van der Waals surface area contributed by atoms with Crippen molar-refractivity contribution in [2.45, 2.75) is 25.7 Å². The second-order valence-corrected chi connectivity index (χ2v) is 5.61. The molecular weight excluding hydrogens is 321 g/mol. The molecule has 0 radical (unpaired) electrons. The minimum atomic E-state index is -4.43. The molecule has 2 N–H and O–H groups in total. The lowest BCUT2D eigenvalue weighted by molar-refractivity contribution is -0.137. The number of ether oxygens (including phenoxy) is 1. The number of nitrogens with zero attached hydrogens (tertiary/aromatic N) is 1. The summed E-state index contributed by atoms with van der Waals surface area (Å²) in [5.74, 6) is 0.124. The van der Waals surface area contributed by atoms with Crippen molar-refractivity contribution in [1.82, 2.24) is 0 Å². The lowest BCUT2D eigenvalue weighted by atomic mass is 10.1. The number of carbonyl (C=O) groups is 1. The van der Waals surface area contributed by atoms with Crippen molar-refractivity contribution in [1.29, 1.82) is 0 Å². The second-order valence-electron chi connectivity index (χ2n) is 5.61. The van der Waals surface area contributed by atoms with Crippen LogP contribution in [0.15, 0.2) is 42.5 Å². The third-order valence-corrected chi connectivity index (χ3v) is 3.79. The topological polar surface area (TPSA) is 55.6 Å². The fraction of sp³-hybridized carbons (Fsp3) is 0.235. The van der Waals surface area contributed by atoms with Crippen LogP contribution in [0.5, 0.6) is 5.75 Å². The van der Waals surface area contributed by atoms with Gasteiger partial charge in [0.05, 0.1) is 17.8 Å². The highest BCUT2D eigenvalue weighted by molar-refractivity contribution is 6.00. The molecule has 1 heterocycles. The van der Waals surface area contributed by atoms with Crippen LogP contribution in [0.25, 0.3) is 0 Å². The van der Waals surface area contributed by atoms with Gasteiger partial charge < -0.3 is 15.4 Å². The first-order chi connectivity index (χ1) is 11.3. The Bertz CT molecular complexity index is 790. The van der Waals surface area contributed by atoms with Crippen LogP contribution < -0.4 is 15.4 Å². The number of fused-ring (bicyclic) bond motifs is 1. The van der Waals surface area contributed by atoms with E-state index in [1.165, 1.54) is 11.0 Å². The van der Waals surface area contributed by atoms with Crippen molar-refractivity contribution in [3.8, 4) is 5.75 Å². The van der Waals surface area contributed by atoms with Crippen molar-refractivity contribution >= 4 is 17.3 Å². The Kier molecular flexibility index (Phi) is 3.87. The van der Waals surface area contributed by atoms with Crippen LogP contribution in [0.3, 0.4) is 0 Å². The minimum Gasteiger partial charge on any atom is -0.479 e. The quantitative estimate of drug-likeness (QED) is 0.853. The van der Waals surface area contributed by atoms with Crippen LogP contribution in [0, 0.1) is 0 Å². The van der Waals surface area contributed by atoms with Crippen molar-refractivity contribution in [2.24, 2.45) is 0 Å². The van der Waals surface area contributed by atoms with Crippen molar-refractivity contribution in [3.63, 3.8) is 0 Å². The highest BCUT2D eigenvalue weighted by Gasteiger charge is 2.33. The number of anilines is 2. The van der Waals surface area contributed by atoms with Gasteiger partial charge in [-0.1, -0.05) is 12.1 Å². The van der Waals surface area contributed by atoms with E-state index in [0.29, 0.717) is 22.7 Å². The molecule has 2 aromatic carbocycles. The summed E-state index contributed by atoms with van der Waals surface area (Å²) in [6.45, 7) is 1.61. The maximum Gasteiger partial charge on any atom is 0.416 e. The van der Waals surface area contributed by atoms with Gasteiger partial charge in [0, 0.05) is 11.8 Å². The van der Waals surface area contributed by atoms with Gasteiger partial charge in [-0.2, -0.15) is 13.2 Å². The highest BCUT2D eigenvalue weighted by atomic mass is 19.4. The molecule has 126 valence electrons. The van der Waals surface area contributed by atoms with Gasteiger partial charge in [-0.05, 0) is 36.8 Å². The van der Waals surface area contributed by atoms with Gasteiger partial charge in [0.25, 0.3) is 5.91 Å². The molecule has 2 aromatic rings. The smallest absolute Gasteiger partial charge is 0.416 e. The molecule has 1 atom stereocenters. The van der Waals surface area contributed by atoms with Crippen LogP contribution in [-0.4, -0.2) is 12.0 Å². The highest BCUT2D eigenvalue weighted by Crippen LogP contribution is 2.37. The summed E-state index contributed by atoms with van der Waals surface area (Å²) in [6.07, 6.45) is -5.16. The third kappa shape index (κ3) is 3.02. The number of nitrogens with two attached hydrogens (primary N) is 1. The average molecular weight is 336 g/mol. The Balaban J connectivity index is 1.96. The van der Waals surface area contributed by atoms with Crippen molar-refractivity contribution < 1.29 is 22.7 Å². The van der Waals surface area contributed by atoms with E-state index in [-0.39, 0.29) is 12.5 Å². The number of hydrogen-bond acceptors (Lipinski definition) is 3. The normalized spacial score (nSPS) is 17.4. The summed E-state index contributed by atoms with van der Waals surface area (Å²) >= 11 is 0. The fourth-order valence-corrected chi connectivity index (χ4v) is 2.62. The predicted molar refractivity (Wildman–Crippen MR) is 83.6 cm³/mol. The molecule has 0 saturated heterocycles. The van der Waals surface area contributed by atoms with Crippen LogP contribution in [0.4, 0.5) is 24.5 Å². The van der Waals surface area contributed by atoms with Gasteiger partial charge in [0.1, 0.15) is 5.75 Å². The first kappa shape index (κ1) is 16.2. The van der Waals surface area contributed by atoms with Gasteiger partial charge in [-0.25, -0.2) is 0 Å². The molecular formula is C17H15F3N2O2. The number of carbonyl (C=O) groups excluding carboxylic acids is 1. The zero-order valence-electron chi connectivity index (χ0n) is 12.8. The molecule has 0 bridgehead atoms. The fourth-order valence-electron chi connectivity index (χ4n) is 2.62. The number of amides is 1. The van der Waals surface area contributed by atoms with E-state index < -0.39 is 17.8 Å². The SMILES string of the molecule is CC1Oc2cc(N)ccc2N(Cc2cccc(C(F)(F)F)c2)C1=O. The molecule has 7 heteroatoms. The van der Waals surface area contributed by atoms with Crippen LogP contribution in [0.1, 0.15) is 18.1 Å². The number of hydrogen-bond donors (Lipinski definition) is 1. The second kappa shape index (κ2) is 5.74. The predicted octanol–water partition coefficient (Wildman–Crippen LogP) is 3.60. The number of rotatable bonds is 2. The molecule has 24 heavy (non-hydrogen) atoms. The van der Waals surface area contributed by atoms with E-state index in [1.54, 1.807) is 31.2 Å². The maximum atomic E-state index is 12.9. The van der Waals surface area contributed by atoms with Gasteiger partial charge in [0.2, 0.25) is 0 Å². The number of benzene rings is 2. The Morgan fingerprint density at radius 3 is 2.67 bits per heavy atom. The van der Waals surface area contributed by atoms with Crippen LogP contribution >= 0.6 is 0 Å². The first-order valence-electron chi connectivity index (χ1n) is 7.29.